The molecule has 0 aromatic heterocycles. The van der Waals surface area contributed by atoms with Gasteiger partial charge in [0.25, 0.3) is 0 Å². The second kappa shape index (κ2) is 11.9. The SMILES string of the molecule is CC(C)(C)c1cc(CN(Cc2cc(C(C)(C)C)cc(C(C)(C)C)c2O)Cc2cccc3ccccc23)c(O)c(C(C)(C)C)c1. The van der Waals surface area contributed by atoms with Crippen molar-refractivity contribution in [3.05, 3.63) is 106 Å². The molecule has 0 heterocycles. The van der Waals surface area contributed by atoms with E-state index in [2.05, 4.69) is 155 Å². The summed E-state index contributed by atoms with van der Waals surface area (Å²) in [5.74, 6) is 0.743. The molecule has 2 N–H and O–H groups in total. The summed E-state index contributed by atoms with van der Waals surface area (Å²) in [6.45, 7) is 28.1. The van der Waals surface area contributed by atoms with Gasteiger partial charge in [0.1, 0.15) is 11.5 Å². The van der Waals surface area contributed by atoms with Crippen molar-refractivity contribution in [1.29, 1.82) is 0 Å². The van der Waals surface area contributed by atoms with Crippen LogP contribution in [-0.2, 0) is 41.3 Å². The van der Waals surface area contributed by atoms with Crippen LogP contribution in [0.25, 0.3) is 10.8 Å². The Hall–Kier alpha value is -3.30. The Labute approximate surface area is 267 Å². The normalized spacial score (nSPS) is 13.2. The Morgan fingerprint density at radius 3 is 1.32 bits per heavy atom. The van der Waals surface area contributed by atoms with E-state index < -0.39 is 0 Å². The molecule has 4 rings (SSSR count). The van der Waals surface area contributed by atoms with Crippen LogP contribution in [0.15, 0.2) is 66.7 Å². The zero-order valence-corrected chi connectivity index (χ0v) is 29.3. The van der Waals surface area contributed by atoms with E-state index in [9.17, 15) is 10.2 Å². The van der Waals surface area contributed by atoms with Crippen molar-refractivity contribution in [3.63, 3.8) is 0 Å². The van der Waals surface area contributed by atoms with Gasteiger partial charge in [-0.3, -0.25) is 4.90 Å². The fourth-order valence-corrected chi connectivity index (χ4v) is 5.96. The first-order valence-electron chi connectivity index (χ1n) is 16.1. The van der Waals surface area contributed by atoms with E-state index in [1.165, 1.54) is 27.5 Å². The van der Waals surface area contributed by atoms with E-state index >= 15 is 0 Å². The molecule has 0 saturated heterocycles. The number of phenols is 2. The highest BCUT2D eigenvalue weighted by atomic mass is 16.3. The Kier molecular flexibility index (Phi) is 9.08. The highest BCUT2D eigenvalue weighted by molar-refractivity contribution is 5.85. The minimum atomic E-state index is -0.207. The summed E-state index contributed by atoms with van der Waals surface area (Å²) in [5.41, 5.74) is 6.90. The molecule has 0 fully saturated rings. The molecule has 0 amide bonds. The molecule has 0 aliphatic heterocycles. The van der Waals surface area contributed by atoms with Crippen LogP contribution in [0.3, 0.4) is 0 Å². The first-order chi connectivity index (χ1) is 20.2. The molecule has 0 atom stereocenters. The standard InChI is InChI=1S/C41H55NO2/c1-38(2,3)31-20-29(36(43)34(22-31)40(7,8)9)25-42(24-28-18-15-17-27-16-13-14-19-33(27)28)26-30-21-32(39(4,5)6)23-35(37(30)44)41(10,11)12/h13-23,43-44H,24-26H2,1-12H3. The van der Waals surface area contributed by atoms with Crippen LogP contribution in [-0.4, -0.2) is 15.1 Å². The number of nitrogens with zero attached hydrogens (tertiary/aromatic N) is 1. The van der Waals surface area contributed by atoms with E-state index in [4.69, 9.17) is 0 Å². The lowest BCUT2D eigenvalue weighted by atomic mass is 9.78. The molecule has 3 nitrogen and oxygen atoms in total. The summed E-state index contributed by atoms with van der Waals surface area (Å²) in [6, 6.07) is 23.7. The Morgan fingerprint density at radius 1 is 0.477 bits per heavy atom. The Morgan fingerprint density at radius 2 is 0.886 bits per heavy atom. The molecule has 4 aromatic carbocycles. The number of benzene rings is 4. The number of hydrogen-bond donors (Lipinski definition) is 2. The third-order valence-corrected chi connectivity index (χ3v) is 8.79. The summed E-state index contributed by atoms with van der Waals surface area (Å²) in [4.78, 5) is 2.38. The van der Waals surface area contributed by atoms with Crippen molar-refractivity contribution >= 4 is 10.8 Å². The lowest BCUT2D eigenvalue weighted by molar-refractivity contribution is 0.240. The van der Waals surface area contributed by atoms with Gasteiger partial charge in [0.2, 0.25) is 0 Å². The molecular weight excluding hydrogens is 538 g/mol. The first kappa shape index (κ1) is 33.6. The monoisotopic (exact) mass is 593 g/mol. The quantitative estimate of drug-likeness (QED) is 0.234. The van der Waals surface area contributed by atoms with Gasteiger partial charge in [-0.05, 0) is 60.2 Å². The van der Waals surface area contributed by atoms with Crippen LogP contribution in [0.5, 0.6) is 11.5 Å². The van der Waals surface area contributed by atoms with Gasteiger partial charge >= 0.3 is 0 Å². The third kappa shape index (κ3) is 7.49. The van der Waals surface area contributed by atoms with Gasteiger partial charge in [-0.25, -0.2) is 0 Å². The van der Waals surface area contributed by atoms with Crippen LogP contribution in [0.4, 0.5) is 0 Å². The molecule has 0 bridgehead atoms. The zero-order valence-electron chi connectivity index (χ0n) is 29.3. The maximum atomic E-state index is 11.7. The molecule has 4 aromatic rings. The lowest BCUT2D eigenvalue weighted by Gasteiger charge is -2.31. The summed E-state index contributed by atoms with van der Waals surface area (Å²) < 4.78 is 0. The fourth-order valence-electron chi connectivity index (χ4n) is 5.96. The van der Waals surface area contributed by atoms with Crippen LogP contribution in [0.1, 0.15) is 122 Å². The number of aromatic hydroxyl groups is 2. The molecule has 0 aliphatic rings. The molecule has 0 radical (unpaired) electrons. The third-order valence-electron chi connectivity index (χ3n) is 8.79. The highest BCUT2D eigenvalue weighted by Crippen LogP contribution is 2.41. The minimum Gasteiger partial charge on any atom is -0.507 e. The second-order valence-electron chi connectivity index (χ2n) is 16.8. The molecule has 236 valence electrons. The van der Waals surface area contributed by atoms with Crippen LogP contribution < -0.4 is 0 Å². The maximum Gasteiger partial charge on any atom is 0.123 e. The van der Waals surface area contributed by atoms with Gasteiger partial charge in [-0.15, -0.1) is 0 Å². The molecule has 0 saturated carbocycles. The van der Waals surface area contributed by atoms with Crippen molar-refractivity contribution in [2.45, 2.75) is 124 Å². The predicted molar refractivity (Wildman–Crippen MR) is 188 cm³/mol. The molecule has 0 unspecified atom stereocenters. The fraction of sp³-hybridized carbons (Fsp3) is 0.463. The summed E-state index contributed by atoms with van der Waals surface area (Å²) in [7, 11) is 0. The van der Waals surface area contributed by atoms with E-state index in [0.29, 0.717) is 31.1 Å². The highest BCUT2D eigenvalue weighted by Gasteiger charge is 2.28. The minimum absolute atomic E-state index is 0.0656. The zero-order chi connectivity index (χ0) is 32.8. The van der Waals surface area contributed by atoms with Crippen LogP contribution in [0, 0.1) is 0 Å². The van der Waals surface area contributed by atoms with E-state index in [-0.39, 0.29) is 21.7 Å². The lowest BCUT2D eigenvalue weighted by Crippen LogP contribution is -2.25. The van der Waals surface area contributed by atoms with Crippen LogP contribution in [0.2, 0.25) is 0 Å². The van der Waals surface area contributed by atoms with Gasteiger partial charge in [0.15, 0.2) is 0 Å². The second-order valence-corrected chi connectivity index (χ2v) is 16.8. The number of rotatable bonds is 6. The Balaban J connectivity index is 1.90. The average Bonchev–Trinajstić information content (AvgIpc) is 2.88. The summed E-state index contributed by atoms with van der Waals surface area (Å²) in [5, 5.41) is 25.9. The molecule has 0 aliphatic carbocycles. The average molecular weight is 594 g/mol. The van der Waals surface area contributed by atoms with E-state index in [0.717, 1.165) is 22.3 Å². The Bertz CT molecular complexity index is 1550. The summed E-state index contributed by atoms with van der Waals surface area (Å²) in [6.07, 6.45) is 0. The predicted octanol–water partition coefficient (Wildman–Crippen LogP) is 10.6. The topological polar surface area (TPSA) is 43.7 Å². The van der Waals surface area contributed by atoms with Gasteiger partial charge < -0.3 is 10.2 Å². The first-order valence-corrected chi connectivity index (χ1v) is 16.1. The molecule has 0 spiro atoms. The molecule has 3 heteroatoms. The molecule has 44 heavy (non-hydrogen) atoms. The van der Waals surface area contributed by atoms with Gasteiger partial charge in [-0.2, -0.15) is 0 Å². The van der Waals surface area contributed by atoms with Gasteiger partial charge in [0.05, 0.1) is 0 Å². The maximum absolute atomic E-state index is 11.7. The number of phenolic OH excluding ortho intramolecular Hbond substituents is 2. The smallest absolute Gasteiger partial charge is 0.123 e. The summed E-state index contributed by atoms with van der Waals surface area (Å²) >= 11 is 0. The van der Waals surface area contributed by atoms with Crippen LogP contribution >= 0.6 is 0 Å². The van der Waals surface area contributed by atoms with Crippen molar-refractivity contribution < 1.29 is 10.2 Å². The van der Waals surface area contributed by atoms with E-state index in [1.54, 1.807) is 0 Å². The largest absolute Gasteiger partial charge is 0.507 e. The van der Waals surface area contributed by atoms with Gasteiger partial charge in [0, 0.05) is 30.8 Å². The van der Waals surface area contributed by atoms with E-state index in [1.807, 2.05) is 0 Å². The van der Waals surface area contributed by atoms with Crippen molar-refractivity contribution in [3.8, 4) is 11.5 Å². The van der Waals surface area contributed by atoms with Crippen molar-refractivity contribution in [2.75, 3.05) is 0 Å². The van der Waals surface area contributed by atoms with Crippen molar-refractivity contribution in [1.82, 2.24) is 4.90 Å². The molecular formula is C41H55NO2. The van der Waals surface area contributed by atoms with Crippen molar-refractivity contribution in [2.24, 2.45) is 0 Å². The number of hydrogen-bond acceptors (Lipinski definition) is 3. The number of fused-ring (bicyclic) bond motifs is 1. The van der Waals surface area contributed by atoms with Gasteiger partial charge in [-0.1, -0.05) is 150 Å².